The predicted octanol–water partition coefficient (Wildman–Crippen LogP) is 6.35. The number of ether oxygens (including phenoxy) is 1. The van der Waals surface area contributed by atoms with E-state index in [2.05, 4.69) is 4.98 Å². The van der Waals surface area contributed by atoms with Gasteiger partial charge in [-0.15, -0.1) is 0 Å². The smallest absolute Gasteiger partial charge is 0.407 e. The lowest BCUT2D eigenvalue weighted by atomic mass is 10.1. The number of hydrogen-bond acceptors (Lipinski definition) is 3. The minimum atomic E-state index is -5.31. The van der Waals surface area contributed by atoms with E-state index in [0.29, 0.717) is 6.07 Å². The monoisotopic (exact) mass is 479 g/mol. The van der Waals surface area contributed by atoms with Crippen LogP contribution in [0.1, 0.15) is 11.1 Å². The van der Waals surface area contributed by atoms with Crippen molar-refractivity contribution in [3.05, 3.63) is 70.5 Å². The van der Waals surface area contributed by atoms with Crippen molar-refractivity contribution in [1.29, 1.82) is 0 Å². The highest BCUT2D eigenvalue weighted by Gasteiger charge is 2.41. The number of alkyl halides is 6. The third-order valence-corrected chi connectivity index (χ3v) is 4.60. The zero-order chi connectivity index (χ0) is 23.8. The van der Waals surface area contributed by atoms with Crippen LogP contribution in [0.2, 0.25) is 0 Å². The summed E-state index contributed by atoms with van der Waals surface area (Å²) in [5.41, 5.74) is -4.13. The number of benzene rings is 2. The zero-order valence-corrected chi connectivity index (χ0v) is 16.7. The average Bonchev–Trinajstić information content (AvgIpc) is 3.12. The molecule has 0 unspecified atom stereocenters. The topological polar surface area (TPSA) is 50.3 Å². The number of aromatic nitrogens is 2. The first-order valence-corrected chi connectivity index (χ1v) is 9.00. The van der Waals surface area contributed by atoms with E-state index < -0.39 is 46.8 Å². The molecule has 0 saturated carbocycles. The Morgan fingerprint density at radius 2 is 1.69 bits per heavy atom. The number of H-pyrrole nitrogens is 1. The number of carbonyl (C=O) groups excluding carboxylic acids is 1. The first kappa shape index (κ1) is 23.3. The summed E-state index contributed by atoms with van der Waals surface area (Å²) in [4.78, 5) is 15.8. The molecule has 32 heavy (non-hydrogen) atoms. The molecule has 0 aliphatic rings. The van der Waals surface area contributed by atoms with E-state index in [9.17, 15) is 35.5 Å². The molecule has 1 amide bonds. The van der Waals surface area contributed by atoms with Crippen LogP contribution in [0, 0.1) is 10.6 Å². The summed E-state index contributed by atoms with van der Waals surface area (Å²) < 4.78 is 99.6. The molecule has 2 aromatic carbocycles. The fourth-order valence-electron chi connectivity index (χ4n) is 2.71. The van der Waals surface area contributed by atoms with Gasteiger partial charge in [0.2, 0.25) is 0 Å². The number of rotatable bonds is 3. The highest BCUT2D eigenvalue weighted by atomic mass is 32.1. The molecule has 0 bridgehead atoms. The van der Waals surface area contributed by atoms with Gasteiger partial charge in [-0.3, -0.25) is 9.47 Å². The maximum atomic E-state index is 13.7. The van der Waals surface area contributed by atoms with Crippen molar-refractivity contribution in [3.8, 4) is 11.4 Å². The second-order valence-electron chi connectivity index (χ2n) is 6.41. The van der Waals surface area contributed by atoms with Crippen molar-refractivity contribution in [3.63, 3.8) is 0 Å². The third-order valence-electron chi connectivity index (χ3n) is 4.29. The van der Waals surface area contributed by atoms with Gasteiger partial charge in [0.05, 0.1) is 11.3 Å². The molecule has 0 aliphatic heterocycles. The molecule has 0 spiro atoms. The number of imidazole rings is 1. The molecule has 0 radical (unpaired) electrons. The quantitative estimate of drug-likeness (QED) is 0.352. The normalized spacial score (nSPS) is 12.0. The summed E-state index contributed by atoms with van der Waals surface area (Å²) in [6, 6.07) is 4.57. The molecule has 1 N–H and O–H groups in total. The molecular formula is C19H12F7N3O2S. The predicted molar refractivity (Wildman–Crippen MR) is 102 cm³/mol. The zero-order valence-electron chi connectivity index (χ0n) is 15.9. The maximum absolute atomic E-state index is 13.7. The van der Waals surface area contributed by atoms with E-state index in [0.717, 1.165) is 47.0 Å². The second-order valence-corrected chi connectivity index (χ2v) is 6.79. The summed E-state index contributed by atoms with van der Waals surface area (Å²) in [7, 11) is 1.13. The van der Waals surface area contributed by atoms with Gasteiger partial charge in [-0.25, -0.2) is 9.18 Å². The molecule has 0 fully saturated rings. The van der Waals surface area contributed by atoms with Crippen LogP contribution in [-0.2, 0) is 12.4 Å². The van der Waals surface area contributed by atoms with E-state index >= 15 is 0 Å². The van der Waals surface area contributed by atoms with Crippen LogP contribution in [0.15, 0.2) is 48.8 Å². The van der Waals surface area contributed by atoms with Crippen molar-refractivity contribution in [2.45, 2.75) is 12.4 Å². The van der Waals surface area contributed by atoms with E-state index in [1.807, 2.05) is 0 Å². The fourth-order valence-corrected chi connectivity index (χ4v) is 2.94. The molecule has 3 aromatic rings. The van der Waals surface area contributed by atoms with Crippen molar-refractivity contribution in [1.82, 2.24) is 9.55 Å². The molecule has 3 rings (SSSR count). The number of halogens is 7. The standard InChI is InChI=1S/C19H12F7N3O2S/c1-28(12-4-2-11(20)3-5-12)17(30)31-15-13(19(24,25)26)8-10(18(21,22)23)9-14(15)29-7-6-27-16(29)32/h2-9H,1H3,(H,27,32). The minimum Gasteiger partial charge on any atom is -0.407 e. The summed E-state index contributed by atoms with van der Waals surface area (Å²) >= 11 is 4.91. The molecule has 0 saturated heterocycles. The molecule has 1 aromatic heterocycles. The Hall–Kier alpha value is -3.35. The Morgan fingerprint density at radius 3 is 2.19 bits per heavy atom. The van der Waals surface area contributed by atoms with E-state index in [1.54, 1.807) is 0 Å². The minimum absolute atomic E-state index is 0.0664. The molecule has 0 atom stereocenters. The van der Waals surface area contributed by atoms with E-state index in [1.165, 1.54) is 6.20 Å². The van der Waals surface area contributed by atoms with Gasteiger partial charge in [0, 0.05) is 25.1 Å². The SMILES string of the molecule is CN(C(=O)Oc1c(-n2cc[nH]c2=S)cc(C(F)(F)F)cc1C(F)(F)F)c1ccc(F)cc1. The summed E-state index contributed by atoms with van der Waals surface area (Å²) in [6.07, 6.45) is -9.52. The Morgan fingerprint density at radius 1 is 1.06 bits per heavy atom. The lowest BCUT2D eigenvalue weighted by Crippen LogP contribution is -2.30. The van der Waals surface area contributed by atoms with Crippen LogP contribution in [0.3, 0.4) is 0 Å². The van der Waals surface area contributed by atoms with Gasteiger partial charge in [-0.1, -0.05) is 0 Å². The van der Waals surface area contributed by atoms with Gasteiger partial charge in [0.15, 0.2) is 10.5 Å². The Kier molecular flexibility index (Phi) is 6.05. The molecule has 13 heteroatoms. The number of amides is 1. The van der Waals surface area contributed by atoms with Crippen LogP contribution >= 0.6 is 12.2 Å². The number of anilines is 1. The van der Waals surface area contributed by atoms with Crippen LogP contribution in [-0.4, -0.2) is 22.7 Å². The molecular weight excluding hydrogens is 467 g/mol. The van der Waals surface area contributed by atoms with Gasteiger partial charge in [-0.05, 0) is 48.6 Å². The molecule has 5 nitrogen and oxygen atoms in total. The van der Waals surface area contributed by atoms with Gasteiger partial charge in [0.1, 0.15) is 11.4 Å². The third kappa shape index (κ3) is 4.77. The van der Waals surface area contributed by atoms with Gasteiger partial charge >= 0.3 is 18.4 Å². The first-order chi connectivity index (χ1) is 14.8. The van der Waals surface area contributed by atoms with Crippen molar-refractivity contribution >= 4 is 24.0 Å². The van der Waals surface area contributed by atoms with Crippen LogP contribution in [0.5, 0.6) is 5.75 Å². The number of hydrogen-bond donors (Lipinski definition) is 1. The highest BCUT2D eigenvalue weighted by molar-refractivity contribution is 7.71. The highest BCUT2D eigenvalue weighted by Crippen LogP contribution is 2.44. The second kappa shape index (κ2) is 8.30. The Labute approximate surface area is 180 Å². The Balaban J connectivity index is 2.18. The van der Waals surface area contributed by atoms with Crippen molar-refractivity contribution < 1.29 is 40.3 Å². The number of aromatic amines is 1. The van der Waals surface area contributed by atoms with Crippen LogP contribution in [0.4, 0.5) is 41.2 Å². The van der Waals surface area contributed by atoms with Gasteiger partial charge in [0.25, 0.3) is 0 Å². The molecule has 1 heterocycles. The lowest BCUT2D eigenvalue weighted by Gasteiger charge is -2.22. The average molecular weight is 479 g/mol. The number of nitrogens with one attached hydrogen (secondary N) is 1. The first-order valence-electron chi connectivity index (χ1n) is 8.59. The van der Waals surface area contributed by atoms with Crippen LogP contribution < -0.4 is 9.64 Å². The Bertz CT molecular complexity index is 1200. The van der Waals surface area contributed by atoms with E-state index in [-0.39, 0.29) is 16.5 Å². The van der Waals surface area contributed by atoms with Gasteiger partial charge in [-0.2, -0.15) is 26.3 Å². The molecule has 170 valence electrons. The molecule has 0 aliphatic carbocycles. The van der Waals surface area contributed by atoms with E-state index in [4.69, 9.17) is 17.0 Å². The lowest BCUT2D eigenvalue weighted by molar-refractivity contribution is -0.143. The van der Waals surface area contributed by atoms with Gasteiger partial charge < -0.3 is 9.72 Å². The number of carbonyl (C=O) groups is 1. The summed E-state index contributed by atoms with van der Waals surface area (Å²) in [5.74, 6) is -1.80. The maximum Gasteiger partial charge on any atom is 0.420 e. The largest absolute Gasteiger partial charge is 0.420 e. The van der Waals surface area contributed by atoms with Crippen molar-refractivity contribution in [2.24, 2.45) is 0 Å². The number of nitrogens with zero attached hydrogens (tertiary/aromatic N) is 2. The van der Waals surface area contributed by atoms with Crippen molar-refractivity contribution in [2.75, 3.05) is 11.9 Å². The summed E-state index contributed by atoms with van der Waals surface area (Å²) in [5, 5.41) is 0. The van der Waals surface area contributed by atoms with Crippen LogP contribution in [0.25, 0.3) is 5.69 Å². The summed E-state index contributed by atoms with van der Waals surface area (Å²) in [6.45, 7) is 0. The fraction of sp³-hybridized carbons (Fsp3) is 0.158.